The van der Waals surface area contributed by atoms with Crippen LogP contribution in [0, 0.1) is 11.2 Å². The average Bonchev–Trinajstić information content (AvgIpc) is 2.73. The van der Waals surface area contributed by atoms with Crippen LogP contribution in [0.4, 0.5) is 10.1 Å². The van der Waals surface area contributed by atoms with E-state index in [1.54, 1.807) is 20.3 Å². The molecule has 2 aromatic carbocycles. The Balaban J connectivity index is 1.89. The Hall–Kier alpha value is -2.86. The number of carbonyl (C=O) groups excluding carboxylic acids is 2. The van der Waals surface area contributed by atoms with Crippen molar-refractivity contribution in [2.45, 2.75) is 39.0 Å². The van der Waals surface area contributed by atoms with Gasteiger partial charge in [-0.3, -0.25) is 14.5 Å². The molecule has 0 saturated carbocycles. The van der Waals surface area contributed by atoms with Crippen LogP contribution in [0.15, 0.2) is 47.7 Å². The van der Waals surface area contributed by atoms with E-state index >= 15 is 0 Å². The molecule has 4 rings (SSSR count). The number of allylic oxidation sites excluding steroid dienone is 2. The fraction of sp³-hybridized carbons (Fsp3) is 0.360. The summed E-state index contributed by atoms with van der Waals surface area (Å²) < 4.78 is 24.5. The van der Waals surface area contributed by atoms with E-state index in [9.17, 15) is 14.0 Å². The Bertz CT molecular complexity index is 1140. The summed E-state index contributed by atoms with van der Waals surface area (Å²) in [5.41, 5.74) is 2.25. The van der Waals surface area contributed by atoms with Crippen molar-refractivity contribution in [3.05, 3.63) is 64.1 Å². The summed E-state index contributed by atoms with van der Waals surface area (Å²) in [7, 11) is 3.10. The van der Waals surface area contributed by atoms with Gasteiger partial charge in [-0.2, -0.15) is 0 Å². The molecule has 1 heterocycles. The van der Waals surface area contributed by atoms with Crippen LogP contribution in [-0.4, -0.2) is 25.9 Å². The van der Waals surface area contributed by atoms with Crippen LogP contribution in [0.25, 0.3) is 0 Å². The minimum atomic E-state index is -0.558. The third kappa shape index (κ3) is 3.88. The first-order valence-electron chi connectivity index (χ1n) is 10.4. The average molecular weight is 458 g/mol. The first kappa shape index (κ1) is 22.3. The number of carbonyl (C=O) groups is 2. The number of hydrogen-bond donors (Lipinski definition) is 0. The van der Waals surface area contributed by atoms with Crippen LogP contribution in [-0.2, 0) is 9.59 Å². The number of methoxy groups -OCH3 is 2. The normalized spacial score (nSPS) is 20.3. The van der Waals surface area contributed by atoms with Crippen LogP contribution in [0.5, 0.6) is 11.5 Å². The maximum atomic E-state index is 13.8. The Morgan fingerprint density at radius 1 is 1.03 bits per heavy atom. The van der Waals surface area contributed by atoms with Gasteiger partial charge in [0.05, 0.1) is 24.9 Å². The van der Waals surface area contributed by atoms with E-state index in [1.165, 1.54) is 23.1 Å². The van der Waals surface area contributed by atoms with Gasteiger partial charge in [-0.15, -0.1) is 0 Å². The third-order valence-corrected chi connectivity index (χ3v) is 6.40. The number of halogens is 2. The number of amides is 1. The highest BCUT2D eigenvalue weighted by molar-refractivity contribution is 6.31. The molecule has 1 aliphatic heterocycles. The second-order valence-electron chi connectivity index (χ2n) is 9.00. The quantitative estimate of drug-likeness (QED) is 0.594. The zero-order chi connectivity index (χ0) is 23.2. The number of anilines is 1. The first-order valence-corrected chi connectivity index (χ1v) is 10.8. The fourth-order valence-electron chi connectivity index (χ4n) is 4.69. The number of nitrogens with zero attached hydrogens (tertiary/aromatic N) is 1. The fourth-order valence-corrected chi connectivity index (χ4v) is 4.87. The SMILES string of the molecule is COc1ccc(C2CC(=O)N(c3ccc(F)c(Cl)c3)C3=C2C(=O)CC(C)(C)C3)cc1OC. The lowest BCUT2D eigenvalue weighted by molar-refractivity contribution is -0.121. The standard InChI is InChI=1S/C25H25ClFNO4/c1-25(2)12-19-24(20(29)13-25)16(14-5-8-21(31-3)22(9-14)32-4)11-23(30)28(19)15-6-7-18(27)17(26)10-15/h5-10,16H,11-13H2,1-4H3. The summed E-state index contributed by atoms with van der Waals surface area (Å²) in [5, 5.41) is -0.0686. The first-order chi connectivity index (χ1) is 15.1. The van der Waals surface area contributed by atoms with Gasteiger partial charge in [0.2, 0.25) is 5.91 Å². The van der Waals surface area contributed by atoms with Crippen molar-refractivity contribution in [1.29, 1.82) is 0 Å². The van der Waals surface area contributed by atoms with Gasteiger partial charge in [0.15, 0.2) is 17.3 Å². The van der Waals surface area contributed by atoms with E-state index in [-0.39, 0.29) is 28.5 Å². The van der Waals surface area contributed by atoms with Crippen molar-refractivity contribution < 1.29 is 23.5 Å². The van der Waals surface area contributed by atoms with E-state index in [0.717, 1.165) is 5.56 Å². The van der Waals surface area contributed by atoms with E-state index in [2.05, 4.69) is 0 Å². The molecule has 0 bridgehead atoms. The third-order valence-electron chi connectivity index (χ3n) is 6.11. The van der Waals surface area contributed by atoms with Gasteiger partial charge in [-0.1, -0.05) is 31.5 Å². The van der Waals surface area contributed by atoms with E-state index in [1.807, 2.05) is 26.0 Å². The monoisotopic (exact) mass is 457 g/mol. The maximum Gasteiger partial charge on any atom is 0.232 e. The van der Waals surface area contributed by atoms with Gasteiger partial charge in [0.1, 0.15) is 5.82 Å². The molecule has 0 aromatic heterocycles. The minimum absolute atomic E-state index is 0.0155. The Morgan fingerprint density at radius 3 is 2.41 bits per heavy atom. The minimum Gasteiger partial charge on any atom is -0.493 e. The van der Waals surface area contributed by atoms with Crippen molar-refractivity contribution in [3.63, 3.8) is 0 Å². The van der Waals surface area contributed by atoms with Crippen LogP contribution < -0.4 is 14.4 Å². The number of rotatable bonds is 4. The van der Waals surface area contributed by atoms with Crippen LogP contribution in [0.1, 0.15) is 44.6 Å². The molecule has 7 heteroatoms. The summed E-state index contributed by atoms with van der Waals surface area (Å²) in [6.45, 7) is 4.02. The van der Waals surface area contributed by atoms with Gasteiger partial charge in [-0.05, 0) is 47.7 Å². The number of ketones is 1. The summed E-state index contributed by atoms with van der Waals surface area (Å²) in [4.78, 5) is 28.3. The molecule has 0 N–H and O–H groups in total. The van der Waals surface area contributed by atoms with Crippen LogP contribution in [0.2, 0.25) is 5.02 Å². The van der Waals surface area contributed by atoms with Crippen molar-refractivity contribution in [3.8, 4) is 11.5 Å². The second kappa shape index (κ2) is 8.24. The summed E-state index contributed by atoms with van der Waals surface area (Å²) in [5.74, 6) is 0.00562. The molecule has 5 nitrogen and oxygen atoms in total. The largest absolute Gasteiger partial charge is 0.493 e. The van der Waals surface area contributed by atoms with E-state index < -0.39 is 11.7 Å². The van der Waals surface area contributed by atoms with Crippen molar-refractivity contribution in [2.75, 3.05) is 19.1 Å². The lowest BCUT2D eigenvalue weighted by Crippen LogP contribution is -2.43. The Labute approximate surface area is 191 Å². The molecule has 1 atom stereocenters. The highest BCUT2D eigenvalue weighted by Crippen LogP contribution is 2.49. The summed E-state index contributed by atoms with van der Waals surface area (Å²) in [6.07, 6.45) is 1.04. The van der Waals surface area contributed by atoms with Crippen LogP contribution in [0.3, 0.4) is 0 Å². The second-order valence-corrected chi connectivity index (χ2v) is 9.41. The molecule has 1 aliphatic carbocycles. The topological polar surface area (TPSA) is 55.8 Å². The highest BCUT2D eigenvalue weighted by atomic mass is 35.5. The Morgan fingerprint density at radius 2 is 1.75 bits per heavy atom. The molecule has 0 saturated heterocycles. The van der Waals surface area contributed by atoms with Gasteiger partial charge in [0, 0.05) is 30.0 Å². The van der Waals surface area contributed by atoms with E-state index in [0.29, 0.717) is 41.3 Å². The molecule has 0 fully saturated rings. The molecule has 32 heavy (non-hydrogen) atoms. The zero-order valence-electron chi connectivity index (χ0n) is 18.5. The van der Waals surface area contributed by atoms with Gasteiger partial charge < -0.3 is 9.47 Å². The highest BCUT2D eigenvalue weighted by Gasteiger charge is 2.44. The summed E-state index contributed by atoms with van der Waals surface area (Å²) >= 11 is 6.01. The number of ether oxygens (including phenoxy) is 2. The molecular formula is C25H25ClFNO4. The molecule has 2 aromatic rings. The molecule has 168 valence electrons. The lowest BCUT2D eigenvalue weighted by atomic mass is 9.69. The molecule has 1 amide bonds. The Kier molecular flexibility index (Phi) is 5.76. The smallest absolute Gasteiger partial charge is 0.232 e. The lowest BCUT2D eigenvalue weighted by Gasteiger charge is -2.43. The number of benzene rings is 2. The molecule has 0 radical (unpaired) electrons. The molecule has 2 aliphatic rings. The van der Waals surface area contributed by atoms with Crippen molar-refractivity contribution >= 4 is 29.0 Å². The number of hydrogen-bond acceptors (Lipinski definition) is 4. The molecule has 0 spiro atoms. The predicted octanol–water partition coefficient (Wildman–Crippen LogP) is 5.66. The van der Waals surface area contributed by atoms with Crippen molar-refractivity contribution in [2.24, 2.45) is 5.41 Å². The van der Waals surface area contributed by atoms with Gasteiger partial charge in [0.25, 0.3) is 0 Å². The predicted molar refractivity (Wildman–Crippen MR) is 121 cm³/mol. The molecule has 1 unspecified atom stereocenters. The maximum absolute atomic E-state index is 13.8. The van der Waals surface area contributed by atoms with E-state index in [4.69, 9.17) is 21.1 Å². The van der Waals surface area contributed by atoms with Gasteiger partial charge >= 0.3 is 0 Å². The summed E-state index contributed by atoms with van der Waals surface area (Å²) in [6, 6.07) is 9.65. The van der Waals surface area contributed by atoms with Crippen LogP contribution >= 0.6 is 11.6 Å². The zero-order valence-corrected chi connectivity index (χ0v) is 19.3. The van der Waals surface area contributed by atoms with Crippen molar-refractivity contribution in [1.82, 2.24) is 0 Å². The molecular weight excluding hydrogens is 433 g/mol. The number of Topliss-reactive ketones (excluding diaryl/α,β-unsaturated/α-hetero) is 1. The van der Waals surface area contributed by atoms with Gasteiger partial charge in [-0.25, -0.2) is 4.39 Å².